The summed E-state index contributed by atoms with van der Waals surface area (Å²) in [5, 5.41) is 0. The van der Waals surface area contributed by atoms with Crippen LogP contribution >= 0.6 is 0 Å². The van der Waals surface area contributed by atoms with E-state index in [1.54, 1.807) is 0 Å². The fourth-order valence-electron chi connectivity index (χ4n) is 3.19. The summed E-state index contributed by atoms with van der Waals surface area (Å²) in [6.07, 6.45) is 1.11. The Morgan fingerprint density at radius 1 is 0.917 bits per heavy atom. The van der Waals surface area contributed by atoms with Crippen LogP contribution in [-0.2, 0) is 21.7 Å². The van der Waals surface area contributed by atoms with Gasteiger partial charge in [0.25, 0.3) is 0 Å². The van der Waals surface area contributed by atoms with Crippen LogP contribution in [0.3, 0.4) is 0 Å². The molecule has 1 unspecified atom stereocenters. The minimum atomic E-state index is -0.591. The summed E-state index contributed by atoms with van der Waals surface area (Å²) in [6.45, 7) is 8.10. The molecule has 2 aromatic rings. The third-order valence-electron chi connectivity index (χ3n) is 4.31. The summed E-state index contributed by atoms with van der Waals surface area (Å²) in [5.41, 5.74) is 2.53. The summed E-state index contributed by atoms with van der Waals surface area (Å²) in [5.74, 6) is 0.0794. The molecule has 1 aliphatic rings. The molecular formula is C21H26O2Se. The van der Waals surface area contributed by atoms with Gasteiger partial charge in [-0.3, -0.25) is 0 Å². The Bertz CT molecular complexity index is 631. The van der Waals surface area contributed by atoms with E-state index in [1.807, 2.05) is 0 Å². The van der Waals surface area contributed by atoms with Crippen LogP contribution in [0.2, 0.25) is 4.82 Å². The van der Waals surface area contributed by atoms with Crippen LogP contribution in [0.1, 0.15) is 31.9 Å². The van der Waals surface area contributed by atoms with Gasteiger partial charge in [-0.2, -0.15) is 0 Å². The fourth-order valence-corrected chi connectivity index (χ4v) is 5.60. The minimum absolute atomic E-state index is 0.294. The standard InChI is InChI=1S/C21H26O2Se/c1-16(2)15-18-9-11-19(12-10-18)21(22-13-14-23-21)17(3)24-20-7-5-4-6-8-20/h4-12,16-17H,13-15H2,1-3H3. The molecule has 0 radical (unpaired) electrons. The molecule has 128 valence electrons. The Balaban J connectivity index is 1.82. The molecule has 1 heterocycles. The van der Waals surface area contributed by atoms with Gasteiger partial charge >= 0.3 is 152 Å². The molecule has 1 fully saturated rings. The average molecular weight is 389 g/mol. The van der Waals surface area contributed by atoms with Crippen LogP contribution in [0.5, 0.6) is 0 Å². The molecule has 0 amide bonds. The first-order chi connectivity index (χ1) is 11.6. The topological polar surface area (TPSA) is 18.5 Å². The van der Waals surface area contributed by atoms with Crippen molar-refractivity contribution in [1.29, 1.82) is 0 Å². The summed E-state index contributed by atoms with van der Waals surface area (Å²) < 4.78 is 13.7. The second-order valence-corrected chi connectivity index (χ2v) is 9.70. The molecule has 1 atom stereocenters. The zero-order chi connectivity index (χ0) is 17.0. The van der Waals surface area contributed by atoms with E-state index in [9.17, 15) is 0 Å². The second-order valence-electron chi connectivity index (χ2n) is 6.73. The molecule has 0 aliphatic carbocycles. The average Bonchev–Trinajstić information content (AvgIpc) is 3.07. The maximum atomic E-state index is 6.18. The first kappa shape index (κ1) is 17.7. The number of benzene rings is 2. The van der Waals surface area contributed by atoms with Gasteiger partial charge < -0.3 is 0 Å². The summed E-state index contributed by atoms with van der Waals surface area (Å²) in [6, 6.07) is 19.5. The number of ether oxygens (including phenoxy) is 2. The van der Waals surface area contributed by atoms with Crippen molar-refractivity contribution in [3.63, 3.8) is 0 Å². The zero-order valence-electron chi connectivity index (χ0n) is 14.7. The van der Waals surface area contributed by atoms with Crippen LogP contribution in [0.15, 0.2) is 54.6 Å². The molecule has 0 bridgehead atoms. The molecule has 2 nitrogen and oxygen atoms in total. The van der Waals surface area contributed by atoms with E-state index in [2.05, 4.69) is 75.4 Å². The van der Waals surface area contributed by atoms with Crippen molar-refractivity contribution in [1.82, 2.24) is 0 Å². The first-order valence-corrected chi connectivity index (χ1v) is 10.5. The van der Waals surface area contributed by atoms with Crippen LogP contribution < -0.4 is 4.46 Å². The summed E-state index contributed by atoms with van der Waals surface area (Å²) in [4.78, 5) is 0.311. The van der Waals surface area contributed by atoms with Gasteiger partial charge in [0.1, 0.15) is 0 Å². The number of hydrogen-bond acceptors (Lipinski definition) is 2. The van der Waals surface area contributed by atoms with E-state index < -0.39 is 5.79 Å². The third-order valence-corrected chi connectivity index (χ3v) is 6.84. The second kappa shape index (κ2) is 7.84. The predicted octanol–water partition coefficient (Wildman–Crippen LogP) is 3.92. The van der Waals surface area contributed by atoms with Gasteiger partial charge in [-0.05, 0) is 0 Å². The molecular weight excluding hydrogens is 363 g/mol. The molecule has 3 rings (SSSR count). The van der Waals surface area contributed by atoms with Gasteiger partial charge in [0.15, 0.2) is 0 Å². The van der Waals surface area contributed by atoms with E-state index in [0.29, 0.717) is 38.9 Å². The molecule has 1 saturated heterocycles. The van der Waals surface area contributed by atoms with Crippen LogP contribution in [0.4, 0.5) is 0 Å². The Labute approximate surface area is 151 Å². The van der Waals surface area contributed by atoms with Crippen molar-refractivity contribution in [2.24, 2.45) is 5.92 Å². The van der Waals surface area contributed by atoms with Crippen molar-refractivity contribution in [2.75, 3.05) is 13.2 Å². The van der Waals surface area contributed by atoms with Gasteiger partial charge in [0.2, 0.25) is 0 Å². The third kappa shape index (κ3) is 3.92. The molecule has 1 aliphatic heterocycles. The fraction of sp³-hybridized carbons (Fsp3) is 0.429. The normalized spacial score (nSPS) is 18.0. The Hall–Kier alpha value is -1.12. The molecule has 0 aromatic heterocycles. The molecule has 0 saturated carbocycles. The predicted molar refractivity (Wildman–Crippen MR) is 99.8 cm³/mol. The molecule has 0 N–H and O–H groups in total. The Morgan fingerprint density at radius 3 is 2.12 bits per heavy atom. The van der Waals surface area contributed by atoms with E-state index >= 15 is 0 Å². The Morgan fingerprint density at radius 2 is 1.54 bits per heavy atom. The summed E-state index contributed by atoms with van der Waals surface area (Å²) in [7, 11) is 0. The van der Waals surface area contributed by atoms with E-state index in [1.165, 1.54) is 10.0 Å². The van der Waals surface area contributed by atoms with Gasteiger partial charge in [0.05, 0.1) is 0 Å². The van der Waals surface area contributed by atoms with Crippen LogP contribution in [-0.4, -0.2) is 28.2 Å². The van der Waals surface area contributed by atoms with Crippen molar-refractivity contribution < 1.29 is 9.47 Å². The van der Waals surface area contributed by atoms with Crippen LogP contribution in [0.25, 0.3) is 0 Å². The maximum absolute atomic E-state index is 6.18. The van der Waals surface area contributed by atoms with Crippen molar-refractivity contribution in [3.05, 3.63) is 65.7 Å². The number of rotatable bonds is 6. The van der Waals surface area contributed by atoms with Gasteiger partial charge in [0, 0.05) is 0 Å². The first-order valence-electron chi connectivity index (χ1n) is 8.69. The van der Waals surface area contributed by atoms with Crippen molar-refractivity contribution in [3.8, 4) is 0 Å². The van der Waals surface area contributed by atoms with Crippen molar-refractivity contribution >= 4 is 19.4 Å². The quantitative estimate of drug-likeness (QED) is 0.698. The molecule has 0 spiro atoms. The number of hydrogen-bond donors (Lipinski definition) is 0. The van der Waals surface area contributed by atoms with Crippen LogP contribution in [0, 0.1) is 5.92 Å². The summed E-state index contributed by atoms with van der Waals surface area (Å²) >= 11 is 0.294. The van der Waals surface area contributed by atoms with E-state index in [-0.39, 0.29) is 0 Å². The van der Waals surface area contributed by atoms with Gasteiger partial charge in [-0.1, -0.05) is 0 Å². The van der Waals surface area contributed by atoms with Crippen molar-refractivity contribution in [2.45, 2.75) is 37.8 Å². The Kier molecular flexibility index (Phi) is 5.78. The van der Waals surface area contributed by atoms with Gasteiger partial charge in [-0.25, -0.2) is 0 Å². The molecule has 2 aromatic carbocycles. The molecule has 3 heteroatoms. The zero-order valence-corrected chi connectivity index (χ0v) is 16.4. The van der Waals surface area contributed by atoms with Gasteiger partial charge in [-0.15, -0.1) is 0 Å². The van der Waals surface area contributed by atoms with E-state index in [0.717, 1.165) is 12.0 Å². The van der Waals surface area contributed by atoms with E-state index in [4.69, 9.17) is 9.47 Å². The molecule has 24 heavy (non-hydrogen) atoms. The SMILES string of the molecule is CC(C)Cc1ccc(C2(C(C)[Se]c3ccccc3)OCCO2)cc1. The monoisotopic (exact) mass is 390 g/mol.